The predicted octanol–water partition coefficient (Wildman–Crippen LogP) is 3.81. The van der Waals surface area contributed by atoms with Crippen molar-refractivity contribution in [3.63, 3.8) is 0 Å². The Morgan fingerprint density at radius 3 is 2.62 bits per heavy atom. The van der Waals surface area contributed by atoms with Crippen molar-refractivity contribution in [1.29, 1.82) is 0 Å². The van der Waals surface area contributed by atoms with Crippen molar-refractivity contribution in [2.75, 3.05) is 37.6 Å². The third kappa shape index (κ3) is 8.15. The molecule has 1 aromatic rings. The number of likely N-dealkylation sites (N-methyl/N-ethyl adjacent to an activating group) is 1. The summed E-state index contributed by atoms with van der Waals surface area (Å²) in [5, 5.41) is 6.50. The molecule has 1 heterocycles. The van der Waals surface area contributed by atoms with Gasteiger partial charge in [0.05, 0.1) is 0 Å². The maximum atomic E-state index is 12.2. The van der Waals surface area contributed by atoms with E-state index in [0.29, 0.717) is 24.8 Å². The number of piperidine rings is 1. The van der Waals surface area contributed by atoms with Gasteiger partial charge in [-0.1, -0.05) is 19.1 Å². The topological polar surface area (TPSA) is 44.4 Å². The first-order chi connectivity index (χ1) is 11.6. The summed E-state index contributed by atoms with van der Waals surface area (Å²) in [6.07, 6.45) is 3.05. The number of rotatable bonds is 8. The van der Waals surface area contributed by atoms with Crippen LogP contribution < -0.4 is 15.5 Å². The molecule has 4 nitrogen and oxygen atoms in total. The van der Waals surface area contributed by atoms with Gasteiger partial charge in [-0.2, -0.15) is 0 Å². The molecule has 1 aromatic carbocycles. The Labute approximate surface area is 171 Å². The molecule has 2 N–H and O–H groups in total. The lowest BCUT2D eigenvalue weighted by atomic mass is 9.84. The molecule has 1 aliphatic heterocycles. The van der Waals surface area contributed by atoms with Crippen LogP contribution in [0.4, 0.5) is 5.69 Å². The quantitative estimate of drug-likeness (QED) is 0.693. The van der Waals surface area contributed by atoms with Crippen LogP contribution in [0.1, 0.15) is 38.7 Å². The van der Waals surface area contributed by atoms with E-state index < -0.39 is 0 Å². The molecule has 0 saturated carbocycles. The van der Waals surface area contributed by atoms with Crippen LogP contribution in [0.25, 0.3) is 0 Å². The highest BCUT2D eigenvalue weighted by molar-refractivity contribution is 5.85. The number of benzene rings is 1. The molecular formula is C20H35Cl2N3O. The van der Waals surface area contributed by atoms with Gasteiger partial charge in [-0.3, -0.25) is 4.79 Å². The second kappa shape index (κ2) is 13.2. The zero-order chi connectivity index (χ0) is 17.4. The molecule has 1 unspecified atom stereocenters. The lowest BCUT2D eigenvalue weighted by Gasteiger charge is -2.28. The first-order valence-electron chi connectivity index (χ1n) is 9.39. The molecule has 1 saturated heterocycles. The predicted molar refractivity (Wildman–Crippen MR) is 116 cm³/mol. The van der Waals surface area contributed by atoms with Crippen molar-refractivity contribution in [3.8, 4) is 0 Å². The largest absolute Gasteiger partial charge is 0.370 e. The van der Waals surface area contributed by atoms with Gasteiger partial charge in [0.2, 0.25) is 5.91 Å². The molecule has 0 spiro atoms. The summed E-state index contributed by atoms with van der Waals surface area (Å²) in [7, 11) is 0. The zero-order valence-corrected chi connectivity index (χ0v) is 17.9. The minimum atomic E-state index is 0. The van der Waals surface area contributed by atoms with E-state index in [9.17, 15) is 4.79 Å². The zero-order valence-electron chi connectivity index (χ0n) is 16.3. The molecule has 2 rings (SSSR count). The van der Waals surface area contributed by atoms with Crippen LogP contribution >= 0.6 is 24.8 Å². The summed E-state index contributed by atoms with van der Waals surface area (Å²) in [6.45, 7) is 11.2. The SMILES string of the molecule is CCN(CCNC(=O)CC(C)C1CCNCC1)c1cccc(C)c1.Cl.Cl. The second-order valence-corrected chi connectivity index (χ2v) is 7.04. The van der Waals surface area contributed by atoms with Gasteiger partial charge in [-0.05, 0) is 69.3 Å². The van der Waals surface area contributed by atoms with E-state index in [1.54, 1.807) is 0 Å². The fourth-order valence-corrected chi connectivity index (χ4v) is 3.57. The molecule has 0 bridgehead atoms. The van der Waals surface area contributed by atoms with E-state index in [4.69, 9.17) is 0 Å². The van der Waals surface area contributed by atoms with E-state index >= 15 is 0 Å². The maximum Gasteiger partial charge on any atom is 0.220 e. The van der Waals surface area contributed by atoms with E-state index in [1.807, 2.05) is 0 Å². The normalized spacial score (nSPS) is 15.3. The number of carbonyl (C=O) groups excluding carboxylic acids is 1. The fraction of sp³-hybridized carbons (Fsp3) is 0.650. The number of aryl methyl sites for hydroxylation is 1. The molecule has 0 radical (unpaired) electrons. The van der Waals surface area contributed by atoms with Crippen LogP contribution in [-0.2, 0) is 4.79 Å². The van der Waals surface area contributed by atoms with Crippen LogP contribution in [0, 0.1) is 18.8 Å². The Hall–Kier alpha value is -0.970. The van der Waals surface area contributed by atoms with Crippen LogP contribution in [0.3, 0.4) is 0 Å². The third-order valence-corrected chi connectivity index (χ3v) is 5.15. The first-order valence-corrected chi connectivity index (χ1v) is 9.39. The lowest BCUT2D eigenvalue weighted by Crippen LogP contribution is -2.37. The molecule has 0 aliphatic carbocycles. The standard InChI is InChI=1S/C20H33N3O.2ClH/c1-4-23(19-7-5-6-16(2)14-19)13-12-22-20(24)15-17(3)18-8-10-21-11-9-18;;/h5-7,14,17-18,21H,4,8-13,15H2,1-3H3,(H,22,24);2*1H. The molecule has 1 aliphatic rings. The Morgan fingerprint density at radius 2 is 2.00 bits per heavy atom. The van der Waals surface area contributed by atoms with Crippen molar-refractivity contribution in [2.45, 2.75) is 40.0 Å². The molecule has 6 heteroatoms. The first kappa shape index (κ1) is 25.0. The molecule has 1 amide bonds. The summed E-state index contributed by atoms with van der Waals surface area (Å²) in [5.74, 6) is 1.36. The van der Waals surface area contributed by atoms with E-state index in [1.165, 1.54) is 24.1 Å². The Bertz CT molecular complexity index is 522. The number of hydrogen-bond acceptors (Lipinski definition) is 3. The highest BCUT2D eigenvalue weighted by Crippen LogP contribution is 2.24. The smallest absolute Gasteiger partial charge is 0.220 e. The minimum absolute atomic E-state index is 0. The van der Waals surface area contributed by atoms with Gasteiger partial charge < -0.3 is 15.5 Å². The number of nitrogens with zero attached hydrogens (tertiary/aromatic N) is 1. The van der Waals surface area contributed by atoms with Gasteiger partial charge in [-0.15, -0.1) is 24.8 Å². The number of amides is 1. The number of nitrogens with one attached hydrogen (secondary N) is 2. The molecule has 1 atom stereocenters. The van der Waals surface area contributed by atoms with Crippen LogP contribution in [-0.4, -0.2) is 38.6 Å². The number of halogens is 2. The molecular weight excluding hydrogens is 369 g/mol. The summed E-state index contributed by atoms with van der Waals surface area (Å²) in [5.41, 5.74) is 2.50. The van der Waals surface area contributed by atoms with E-state index in [2.05, 4.69) is 60.6 Å². The second-order valence-electron chi connectivity index (χ2n) is 7.04. The average molecular weight is 404 g/mol. The average Bonchev–Trinajstić information content (AvgIpc) is 2.59. The van der Waals surface area contributed by atoms with Crippen molar-refractivity contribution in [1.82, 2.24) is 10.6 Å². The van der Waals surface area contributed by atoms with Crippen LogP contribution in [0.15, 0.2) is 24.3 Å². The monoisotopic (exact) mass is 403 g/mol. The van der Waals surface area contributed by atoms with Crippen LogP contribution in [0.5, 0.6) is 0 Å². The highest BCUT2D eigenvalue weighted by Gasteiger charge is 2.21. The lowest BCUT2D eigenvalue weighted by molar-refractivity contribution is -0.122. The van der Waals surface area contributed by atoms with E-state index in [-0.39, 0.29) is 30.7 Å². The molecule has 0 aromatic heterocycles. The molecule has 150 valence electrons. The van der Waals surface area contributed by atoms with Gasteiger partial charge >= 0.3 is 0 Å². The summed E-state index contributed by atoms with van der Waals surface area (Å²) < 4.78 is 0. The Morgan fingerprint density at radius 1 is 1.31 bits per heavy atom. The summed E-state index contributed by atoms with van der Waals surface area (Å²) >= 11 is 0. The van der Waals surface area contributed by atoms with Gasteiger partial charge in [0.15, 0.2) is 0 Å². The third-order valence-electron chi connectivity index (χ3n) is 5.15. The van der Waals surface area contributed by atoms with Crippen molar-refractivity contribution < 1.29 is 4.79 Å². The minimum Gasteiger partial charge on any atom is -0.370 e. The van der Waals surface area contributed by atoms with Gasteiger partial charge in [0.1, 0.15) is 0 Å². The molecule has 26 heavy (non-hydrogen) atoms. The van der Waals surface area contributed by atoms with E-state index in [0.717, 1.165) is 26.2 Å². The van der Waals surface area contributed by atoms with Crippen molar-refractivity contribution >= 4 is 36.4 Å². The fourth-order valence-electron chi connectivity index (χ4n) is 3.57. The van der Waals surface area contributed by atoms with Crippen molar-refractivity contribution in [3.05, 3.63) is 29.8 Å². The summed E-state index contributed by atoms with van der Waals surface area (Å²) in [6, 6.07) is 8.54. The molecule has 1 fully saturated rings. The highest BCUT2D eigenvalue weighted by atomic mass is 35.5. The van der Waals surface area contributed by atoms with Crippen LogP contribution in [0.2, 0.25) is 0 Å². The number of carbonyl (C=O) groups is 1. The number of anilines is 1. The van der Waals surface area contributed by atoms with Gasteiger partial charge in [-0.25, -0.2) is 0 Å². The van der Waals surface area contributed by atoms with Gasteiger partial charge in [0, 0.05) is 31.7 Å². The Balaban J connectivity index is 0.00000312. The van der Waals surface area contributed by atoms with Gasteiger partial charge in [0.25, 0.3) is 0 Å². The maximum absolute atomic E-state index is 12.2. The Kier molecular flexibility index (Phi) is 12.7. The van der Waals surface area contributed by atoms with Crippen molar-refractivity contribution in [2.24, 2.45) is 11.8 Å². The number of hydrogen-bond donors (Lipinski definition) is 2. The summed E-state index contributed by atoms with van der Waals surface area (Å²) in [4.78, 5) is 14.5.